The summed E-state index contributed by atoms with van der Waals surface area (Å²) in [6.45, 7) is 8.04. The third-order valence-electron chi connectivity index (χ3n) is 2.30. The molecule has 0 aliphatic heterocycles. The maximum absolute atomic E-state index is 5.60. The van der Waals surface area contributed by atoms with Crippen LogP contribution in [0.2, 0.25) is 0 Å². The summed E-state index contributed by atoms with van der Waals surface area (Å²) in [6, 6.07) is 0. The second kappa shape index (κ2) is 6.93. The molecular weight excluding hydrogens is 206 g/mol. The maximum atomic E-state index is 5.60. The molecule has 0 radical (unpaired) electrons. The van der Waals surface area contributed by atoms with E-state index in [1.54, 1.807) is 11.3 Å². The Bertz CT molecular complexity index is 273. The van der Waals surface area contributed by atoms with Crippen molar-refractivity contribution in [1.82, 2.24) is 9.88 Å². The van der Waals surface area contributed by atoms with E-state index in [-0.39, 0.29) is 0 Å². The molecule has 0 unspecified atom stereocenters. The molecular formula is C11H21N3S. The Morgan fingerprint density at radius 3 is 2.80 bits per heavy atom. The number of thiazole rings is 1. The van der Waals surface area contributed by atoms with Crippen LogP contribution in [0.1, 0.15) is 30.5 Å². The van der Waals surface area contributed by atoms with Gasteiger partial charge in [0.2, 0.25) is 0 Å². The van der Waals surface area contributed by atoms with Gasteiger partial charge in [0.15, 0.2) is 0 Å². The lowest BCUT2D eigenvalue weighted by Gasteiger charge is -2.19. The van der Waals surface area contributed by atoms with E-state index in [1.165, 1.54) is 17.8 Å². The number of nitrogens with two attached hydrogens (primary N) is 1. The van der Waals surface area contributed by atoms with Crippen LogP contribution in [0.15, 0.2) is 5.38 Å². The molecule has 86 valence electrons. The van der Waals surface area contributed by atoms with Gasteiger partial charge in [-0.2, -0.15) is 0 Å². The van der Waals surface area contributed by atoms with Crippen LogP contribution in [-0.2, 0) is 6.54 Å². The molecule has 4 heteroatoms. The van der Waals surface area contributed by atoms with E-state index in [1.807, 2.05) is 6.92 Å². The smallest absolute Gasteiger partial charge is 0.107 e. The van der Waals surface area contributed by atoms with Crippen molar-refractivity contribution in [2.75, 3.05) is 19.6 Å². The van der Waals surface area contributed by atoms with Crippen molar-refractivity contribution >= 4 is 11.3 Å². The highest BCUT2D eigenvalue weighted by Gasteiger charge is 2.06. The zero-order chi connectivity index (χ0) is 11.1. The molecule has 0 bridgehead atoms. The van der Waals surface area contributed by atoms with Crippen molar-refractivity contribution in [1.29, 1.82) is 0 Å². The fourth-order valence-electron chi connectivity index (χ4n) is 1.50. The molecule has 3 nitrogen and oxygen atoms in total. The average Bonchev–Trinajstić information content (AvgIpc) is 2.61. The molecule has 0 amide bonds. The Kier molecular flexibility index (Phi) is 5.83. The molecule has 0 aliphatic carbocycles. The highest BCUT2D eigenvalue weighted by molar-refractivity contribution is 7.09. The van der Waals surface area contributed by atoms with Crippen LogP contribution < -0.4 is 5.73 Å². The van der Waals surface area contributed by atoms with Crippen LogP contribution in [0.4, 0.5) is 0 Å². The largest absolute Gasteiger partial charge is 0.329 e. The van der Waals surface area contributed by atoms with Crippen molar-refractivity contribution in [3.63, 3.8) is 0 Å². The summed E-state index contributed by atoms with van der Waals surface area (Å²) < 4.78 is 0. The molecule has 1 heterocycles. The van der Waals surface area contributed by atoms with Crippen LogP contribution in [0.25, 0.3) is 0 Å². The summed E-state index contributed by atoms with van der Waals surface area (Å²) in [6.07, 6.45) is 2.47. The molecule has 0 aliphatic rings. The molecule has 0 saturated heterocycles. The summed E-state index contributed by atoms with van der Waals surface area (Å²) in [5.41, 5.74) is 6.72. The molecule has 1 aromatic rings. The van der Waals surface area contributed by atoms with E-state index in [9.17, 15) is 0 Å². The lowest BCUT2D eigenvalue weighted by atomic mass is 10.3. The molecule has 2 N–H and O–H groups in total. The molecule has 0 aromatic carbocycles. The van der Waals surface area contributed by atoms with Gasteiger partial charge in [-0.1, -0.05) is 13.3 Å². The fraction of sp³-hybridized carbons (Fsp3) is 0.727. The van der Waals surface area contributed by atoms with Gasteiger partial charge in [-0.15, -0.1) is 11.3 Å². The molecule has 1 aromatic heterocycles. The molecule has 0 fully saturated rings. The van der Waals surface area contributed by atoms with Crippen LogP contribution in [0, 0.1) is 6.92 Å². The normalized spacial score (nSPS) is 11.2. The topological polar surface area (TPSA) is 42.1 Å². The van der Waals surface area contributed by atoms with Crippen LogP contribution >= 0.6 is 11.3 Å². The maximum Gasteiger partial charge on any atom is 0.107 e. The first kappa shape index (κ1) is 12.6. The van der Waals surface area contributed by atoms with E-state index in [0.29, 0.717) is 0 Å². The Hall–Kier alpha value is -0.450. The van der Waals surface area contributed by atoms with Crippen molar-refractivity contribution in [2.24, 2.45) is 5.73 Å². The Morgan fingerprint density at radius 2 is 2.27 bits per heavy atom. The van der Waals surface area contributed by atoms with Gasteiger partial charge in [0.1, 0.15) is 5.01 Å². The highest BCUT2D eigenvalue weighted by atomic mass is 32.1. The highest BCUT2D eigenvalue weighted by Crippen LogP contribution is 2.11. The first-order chi connectivity index (χ1) is 7.26. The van der Waals surface area contributed by atoms with E-state index >= 15 is 0 Å². The lowest BCUT2D eigenvalue weighted by molar-refractivity contribution is 0.268. The van der Waals surface area contributed by atoms with Gasteiger partial charge in [-0.3, -0.25) is 4.90 Å². The molecule has 15 heavy (non-hydrogen) atoms. The van der Waals surface area contributed by atoms with Crippen LogP contribution in [0.5, 0.6) is 0 Å². The summed E-state index contributed by atoms with van der Waals surface area (Å²) >= 11 is 1.74. The van der Waals surface area contributed by atoms with Crippen molar-refractivity contribution < 1.29 is 0 Å². The standard InChI is InChI=1S/C11H21N3S/c1-3-4-6-14(7-5-12)8-11-13-10(2)9-15-11/h9H,3-8,12H2,1-2H3. The Balaban J connectivity index is 2.42. The zero-order valence-electron chi connectivity index (χ0n) is 9.70. The number of aryl methyl sites for hydroxylation is 1. The van der Waals surface area contributed by atoms with E-state index in [2.05, 4.69) is 22.2 Å². The zero-order valence-corrected chi connectivity index (χ0v) is 10.5. The monoisotopic (exact) mass is 227 g/mol. The molecule has 0 saturated carbocycles. The summed E-state index contributed by atoms with van der Waals surface area (Å²) in [4.78, 5) is 6.87. The predicted octanol–water partition coefficient (Wildman–Crippen LogP) is 2.01. The second-order valence-electron chi connectivity index (χ2n) is 3.80. The third-order valence-corrected chi connectivity index (χ3v) is 3.25. The summed E-state index contributed by atoms with van der Waals surface area (Å²) in [5.74, 6) is 0. The quantitative estimate of drug-likeness (QED) is 0.775. The van der Waals surface area contributed by atoms with Gasteiger partial charge in [0, 0.05) is 24.2 Å². The summed E-state index contributed by atoms with van der Waals surface area (Å²) in [7, 11) is 0. The minimum absolute atomic E-state index is 0.730. The first-order valence-corrected chi connectivity index (χ1v) is 6.47. The number of unbranched alkanes of at least 4 members (excludes halogenated alkanes) is 1. The van der Waals surface area contributed by atoms with Crippen molar-refractivity contribution in [3.8, 4) is 0 Å². The lowest BCUT2D eigenvalue weighted by Crippen LogP contribution is -2.30. The predicted molar refractivity (Wildman–Crippen MR) is 66.1 cm³/mol. The minimum Gasteiger partial charge on any atom is -0.329 e. The Morgan fingerprint density at radius 1 is 1.47 bits per heavy atom. The first-order valence-electron chi connectivity index (χ1n) is 5.59. The Labute approximate surface area is 96.3 Å². The van der Waals surface area contributed by atoms with E-state index in [4.69, 9.17) is 5.73 Å². The van der Waals surface area contributed by atoms with Crippen molar-refractivity contribution in [3.05, 3.63) is 16.1 Å². The van der Waals surface area contributed by atoms with Gasteiger partial charge >= 0.3 is 0 Å². The number of hydrogen-bond acceptors (Lipinski definition) is 4. The van der Waals surface area contributed by atoms with Gasteiger partial charge < -0.3 is 5.73 Å². The van der Waals surface area contributed by atoms with E-state index in [0.717, 1.165) is 31.9 Å². The van der Waals surface area contributed by atoms with Gasteiger partial charge in [-0.25, -0.2) is 4.98 Å². The number of rotatable bonds is 7. The number of hydrogen-bond donors (Lipinski definition) is 1. The van der Waals surface area contributed by atoms with Gasteiger partial charge in [-0.05, 0) is 19.9 Å². The van der Waals surface area contributed by atoms with Gasteiger partial charge in [0.05, 0.1) is 6.54 Å². The van der Waals surface area contributed by atoms with Gasteiger partial charge in [0.25, 0.3) is 0 Å². The minimum atomic E-state index is 0.730. The third kappa shape index (κ3) is 4.73. The second-order valence-corrected chi connectivity index (χ2v) is 4.74. The van der Waals surface area contributed by atoms with Crippen LogP contribution in [0.3, 0.4) is 0 Å². The average molecular weight is 227 g/mol. The molecule has 1 rings (SSSR count). The van der Waals surface area contributed by atoms with Crippen LogP contribution in [-0.4, -0.2) is 29.5 Å². The van der Waals surface area contributed by atoms with E-state index < -0.39 is 0 Å². The molecule has 0 spiro atoms. The number of aromatic nitrogens is 1. The number of nitrogens with zero attached hydrogens (tertiary/aromatic N) is 2. The fourth-order valence-corrected chi connectivity index (χ4v) is 2.31. The molecule has 0 atom stereocenters. The van der Waals surface area contributed by atoms with Crippen molar-refractivity contribution in [2.45, 2.75) is 33.2 Å². The summed E-state index contributed by atoms with van der Waals surface area (Å²) in [5, 5.41) is 3.31. The SMILES string of the molecule is CCCCN(CCN)Cc1nc(C)cs1.